The van der Waals surface area contributed by atoms with Crippen molar-refractivity contribution in [2.24, 2.45) is 5.10 Å². The average Bonchev–Trinajstić information content (AvgIpc) is 2.88. The van der Waals surface area contributed by atoms with Crippen molar-refractivity contribution in [2.45, 2.75) is 11.8 Å². The number of nitrogens with zero attached hydrogens (tertiary/aromatic N) is 2. The molecular weight excluding hydrogens is 506 g/mol. The topological polar surface area (TPSA) is 114 Å². The molecule has 0 radical (unpaired) electrons. The first kappa shape index (κ1) is 26.7. The van der Waals surface area contributed by atoms with E-state index >= 15 is 0 Å². The average molecular weight is 530 g/mol. The normalized spacial score (nSPS) is 11.2. The van der Waals surface area contributed by atoms with Crippen LogP contribution in [0.25, 0.3) is 0 Å². The molecule has 1 N–H and O–H groups in total. The number of rotatable bonds is 10. The predicted octanol–water partition coefficient (Wildman–Crippen LogP) is 3.55. The van der Waals surface area contributed by atoms with Crippen LogP contribution >= 0.6 is 11.6 Å². The first-order chi connectivity index (χ1) is 17.2. The lowest BCUT2D eigenvalue weighted by molar-refractivity contribution is -0.142. The molecular formula is C25H24ClN3O6S. The molecule has 3 aromatic rings. The largest absolute Gasteiger partial charge is 0.482 e. The van der Waals surface area contributed by atoms with Crippen LogP contribution in [0.15, 0.2) is 82.8 Å². The number of halogens is 1. The third-order valence-electron chi connectivity index (χ3n) is 4.91. The quantitative estimate of drug-likeness (QED) is 0.244. The SMILES string of the molecule is COC(=O)COc1cccc(/C=N/NC(=O)CN(c2ccc(C)c(Cl)c2)S(=O)(=O)c2ccccc2)c1. The molecule has 0 aromatic heterocycles. The van der Waals surface area contributed by atoms with Crippen LogP contribution in [0, 0.1) is 6.92 Å². The zero-order valence-electron chi connectivity index (χ0n) is 19.5. The summed E-state index contributed by atoms with van der Waals surface area (Å²) in [6.07, 6.45) is 1.36. The minimum Gasteiger partial charge on any atom is -0.482 e. The van der Waals surface area contributed by atoms with Crippen molar-refractivity contribution in [3.63, 3.8) is 0 Å². The summed E-state index contributed by atoms with van der Waals surface area (Å²) < 4.78 is 37.5. The lowest BCUT2D eigenvalue weighted by Gasteiger charge is -2.24. The first-order valence-corrected chi connectivity index (χ1v) is 12.5. The fraction of sp³-hybridized carbons (Fsp3) is 0.160. The maximum absolute atomic E-state index is 13.3. The molecule has 36 heavy (non-hydrogen) atoms. The lowest BCUT2D eigenvalue weighted by Crippen LogP contribution is -2.39. The van der Waals surface area contributed by atoms with Gasteiger partial charge in [0.25, 0.3) is 15.9 Å². The van der Waals surface area contributed by atoms with E-state index < -0.39 is 28.4 Å². The number of hydrogen-bond acceptors (Lipinski definition) is 7. The van der Waals surface area contributed by atoms with Gasteiger partial charge in [-0.1, -0.05) is 48.0 Å². The summed E-state index contributed by atoms with van der Waals surface area (Å²) in [6, 6.07) is 19.2. The summed E-state index contributed by atoms with van der Waals surface area (Å²) in [5, 5.41) is 4.28. The van der Waals surface area contributed by atoms with E-state index in [1.54, 1.807) is 61.5 Å². The number of hydrazone groups is 1. The van der Waals surface area contributed by atoms with Crippen LogP contribution < -0.4 is 14.5 Å². The summed E-state index contributed by atoms with van der Waals surface area (Å²) in [4.78, 5) is 23.9. The summed E-state index contributed by atoms with van der Waals surface area (Å²) in [6.45, 7) is 1.01. The van der Waals surface area contributed by atoms with Gasteiger partial charge in [-0.05, 0) is 54.4 Å². The highest BCUT2D eigenvalue weighted by atomic mass is 35.5. The fourth-order valence-electron chi connectivity index (χ4n) is 3.00. The van der Waals surface area contributed by atoms with Crippen LogP contribution in [-0.2, 0) is 24.3 Å². The van der Waals surface area contributed by atoms with E-state index in [1.807, 2.05) is 0 Å². The highest BCUT2D eigenvalue weighted by Crippen LogP contribution is 2.27. The Kier molecular flexibility index (Phi) is 9.04. The molecule has 0 spiro atoms. The van der Waals surface area contributed by atoms with Crippen LogP contribution in [0.3, 0.4) is 0 Å². The first-order valence-electron chi connectivity index (χ1n) is 10.7. The molecule has 0 heterocycles. The number of methoxy groups -OCH3 is 1. The van der Waals surface area contributed by atoms with Crippen molar-refractivity contribution in [2.75, 3.05) is 24.6 Å². The number of benzene rings is 3. The number of carbonyl (C=O) groups excluding carboxylic acids is 2. The standard InChI is InChI=1S/C25H24ClN3O6S/c1-18-11-12-20(14-23(18)26)29(36(32,33)22-9-4-3-5-10-22)16-24(30)28-27-15-19-7-6-8-21(13-19)35-17-25(31)34-2/h3-15H,16-17H2,1-2H3,(H,28,30)/b27-15+. The number of aryl methyl sites for hydroxylation is 1. The third kappa shape index (κ3) is 7.06. The van der Waals surface area contributed by atoms with E-state index in [1.165, 1.54) is 31.5 Å². The van der Waals surface area contributed by atoms with E-state index in [0.29, 0.717) is 16.3 Å². The molecule has 0 saturated carbocycles. The Labute approximate surface area is 214 Å². The minimum absolute atomic E-state index is 0.0294. The number of amides is 1. The second-order valence-corrected chi connectivity index (χ2v) is 9.76. The molecule has 0 aliphatic carbocycles. The number of anilines is 1. The van der Waals surface area contributed by atoms with Crippen molar-refractivity contribution in [3.05, 3.63) is 88.9 Å². The van der Waals surface area contributed by atoms with E-state index in [9.17, 15) is 18.0 Å². The maximum Gasteiger partial charge on any atom is 0.343 e. The predicted molar refractivity (Wildman–Crippen MR) is 137 cm³/mol. The summed E-state index contributed by atoms with van der Waals surface area (Å²) in [5.41, 5.74) is 3.92. The Hall–Kier alpha value is -3.89. The molecule has 11 heteroatoms. The number of sulfonamides is 1. The van der Waals surface area contributed by atoms with Gasteiger partial charge in [-0.25, -0.2) is 18.6 Å². The van der Waals surface area contributed by atoms with E-state index in [2.05, 4.69) is 15.3 Å². The van der Waals surface area contributed by atoms with Crippen molar-refractivity contribution in [1.82, 2.24) is 5.43 Å². The molecule has 0 unspecified atom stereocenters. The Bertz CT molecular complexity index is 1360. The van der Waals surface area contributed by atoms with Crippen LogP contribution in [0.1, 0.15) is 11.1 Å². The second kappa shape index (κ2) is 12.2. The van der Waals surface area contributed by atoms with E-state index in [0.717, 1.165) is 9.87 Å². The summed E-state index contributed by atoms with van der Waals surface area (Å²) in [7, 11) is -2.81. The van der Waals surface area contributed by atoms with Crippen LogP contribution in [-0.4, -0.2) is 46.8 Å². The minimum atomic E-state index is -4.07. The highest BCUT2D eigenvalue weighted by molar-refractivity contribution is 7.92. The molecule has 0 saturated heterocycles. The second-order valence-electron chi connectivity index (χ2n) is 7.49. The number of ether oxygens (including phenoxy) is 2. The lowest BCUT2D eigenvalue weighted by atomic mass is 10.2. The number of nitrogens with one attached hydrogen (secondary N) is 1. The van der Waals surface area contributed by atoms with Gasteiger partial charge in [-0.15, -0.1) is 0 Å². The Balaban J connectivity index is 1.76. The molecule has 0 fully saturated rings. The Morgan fingerprint density at radius 3 is 2.50 bits per heavy atom. The highest BCUT2D eigenvalue weighted by Gasteiger charge is 2.27. The van der Waals surface area contributed by atoms with Gasteiger partial charge < -0.3 is 9.47 Å². The molecule has 0 aliphatic heterocycles. The Morgan fingerprint density at radius 2 is 1.81 bits per heavy atom. The Morgan fingerprint density at radius 1 is 1.06 bits per heavy atom. The monoisotopic (exact) mass is 529 g/mol. The fourth-order valence-corrected chi connectivity index (χ4v) is 4.61. The van der Waals surface area contributed by atoms with Gasteiger partial charge in [-0.2, -0.15) is 5.10 Å². The molecule has 3 aromatic carbocycles. The van der Waals surface area contributed by atoms with Gasteiger partial charge in [0.1, 0.15) is 12.3 Å². The molecule has 3 rings (SSSR count). The van der Waals surface area contributed by atoms with Crippen molar-refractivity contribution in [1.29, 1.82) is 0 Å². The molecule has 188 valence electrons. The van der Waals surface area contributed by atoms with Crippen LogP contribution in [0.4, 0.5) is 5.69 Å². The van der Waals surface area contributed by atoms with Crippen LogP contribution in [0.5, 0.6) is 5.75 Å². The number of hydrogen-bond donors (Lipinski definition) is 1. The molecule has 9 nitrogen and oxygen atoms in total. The zero-order valence-corrected chi connectivity index (χ0v) is 21.1. The van der Waals surface area contributed by atoms with Gasteiger partial charge in [0, 0.05) is 5.02 Å². The van der Waals surface area contributed by atoms with E-state index in [4.69, 9.17) is 16.3 Å². The zero-order chi connectivity index (χ0) is 26.1. The van der Waals surface area contributed by atoms with Gasteiger partial charge in [0.2, 0.25) is 0 Å². The summed E-state index contributed by atoms with van der Waals surface area (Å²) >= 11 is 6.22. The van der Waals surface area contributed by atoms with Gasteiger partial charge >= 0.3 is 5.97 Å². The van der Waals surface area contributed by atoms with Gasteiger partial charge in [-0.3, -0.25) is 9.10 Å². The molecule has 1 amide bonds. The molecule has 0 atom stereocenters. The summed E-state index contributed by atoms with van der Waals surface area (Å²) in [5.74, 6) is -0.779. The molecule has 0 bridgehead atoms. The van der Waals surface area contributed by atoms with Gasteiger partial charge in [0.15, 0.2) is 6.61 Å². The third-order valence-corrected chi connectivity index (χ3v) is 7.10. The van der Waals surface area contributed by atoms with Crippen molar-refractivity contribution < 1.29 is 27.5 Å². The number of carbonyl (C=O) groups is 2. The number of esters is 1. The smallest absolute Gasteiger partial charge is 0.343 e. The molecule has 0 aliphatic rings. The maximum atomic E-state index is 13.3. The van der Waals surface area contributed by atoms with Gasteiger partial charge in [0.05, 0.1) is 23.9 Å². The van der Waals surface area contributed by atoms with Crippen LogP contribution in [0.2, 0.25) is 5.02 Å². The van der Waals surface area contributed by atoms with E-state index in [-0.39, 0.29) is 17.2 Å². The van der Waals surface area contributed by atoms with Crippen molar-refractivity contribution >= 4 is 45.4 Å². The van der Waals surface area contributed by atoms with Crippen molar-refractivity contribution in [3.8, 4) is 5.75 Å².